The maximum Gasteiger partial charge on any atom is 0.407 e. The van der Waals surface area contributed by atoms with Crippen molar-refractivity contribution in [2.45, 2.75) is 59.5 Å². The monoisotopic (exact) mass is 506 g/mol. The molecule has 1 amide bonds. The molecular formula is C25H50N2O8. The summed E-state index contributed by atoms with van der Waals surface area (Å²) in [6.07, 6.45) is 3.33. The number of ether oxygens (including phenoxy) is 5. The van der Waals surface area contributed by atoms with Gasteiger partial charge in [-0.15, -0.1) is 0 Å². The van der Waals surface area contributed by atoms with Crippen molar-refractivity contribution in [2.75, 3.05) is 79.2 Å². The highest BCUT2D eigenvalue weighted by Crippen LogP contribution is 2.22. The van der Waals surface area contributed by atoms with Crippen molar-refractivity contribution in [1.82, 2.24) is 10.6 Å². The first kappa shape index (κ1) is 33.6. The third kappa shape index (κ3) is 19.4. The van der Waals surface area contributed by atoms with Gasteiger partial charge in [0.25, 0.3) is 0 Å². The van der Waals surface area contributed by atoms with Gasteiger partial charge in [-0.25, -0.2) is 4.79 Å². The molecule has 0 fully saturated rings. The highest BCUT2D eigenvalue weighted by molar-refractivity contribution is 5.67. The van der Waals surface area contributed by atoms with Gasteiger partial charge in [0.2, 0.25) is 0 Å². The van der Waals surface area contributed by atoms with Crippen LogP contribution in [0.25, 0.3) is 0 Å². The van der Waals surface area contributed by atoms with E-state index in [0.29, 0.717) is 85.2 Å². The van der Waals surface area contributed by atoms with Crippen molar-refractivity contribution in [2.24, 2.45) is 5.41 Å². The molecule has 0 aliphatic rings. The van der Waals surface area contributed by atoms with E-state index in [9.17, 15) is 15.0 Å². The summed E-state index contributed by atoms with van der Waals surface area (Å²) in [5.41, 5.74) is -0.262. The zero-order chi connectivity index (χ0) is 26.4. The van der Waals surface area contributed by atoms with Crippen LogP contribution in [-0.4, -0.2) is 101 Å². The summed E-state index contributed by atoms with van der Waals surface area (Å²) in [6, 6.07) is 0. The number of aliphatic hydroxyl groups excluding tert-OH is 2. The van der Waals surface area contributed by atoms with Crippen molar-refractivity contribution >= 4 is 6.09 Å². The van der Waals surface area contributed by atoms with Gasteiger partial charge >= 0.3 is 6.09 Å². The van der Waals surface area contributed by atoms with E-state index in [4.69, 9.17) is 23.7 Å². The Morgan fingerprint density at radius 1 is 0.857 bits per heavy atom. The maximum atomic E-state index is 11.8. The number of rotatable bonds is 22. The average molecular weight is 507 g/mol. The molecule has 0 radical (unpaired) electrons. The highest BCUT2D eigenvalue weighted by Gasteiger charge is 2.28. The fraction of sp³-hybridized carbons (Fsp3) is 0.880. The van der Waals surface area contributed by atoms with E-state index in [1.54, 1.807) is 0 Å². The van der Waals surface area contributed by atoms with Gasteiger partial charge in [-0.1, -0.05) is 6.08 Å². The molecule has 0 aliphatic carbocycles. The number of carbonyl (C=O) groups excluding carboxylic acids is 1. The highest BCUT2D eigenvalue weighted by atomic mass is 16.6. The number of amides is 1. The predicted molar refractivity (Wildman–Crippen MR) is 135 cm³/mol. The van der Waals surface area contributed by atoms with Crippen molar-refractivity contribution in [1.29, 1.82) is 0 Å². The summed E-state index contributed by atoms with van der Waals surface area (Å²) in [6.45, 7) is 14.3. The molecule has 0 aliphatic heterocycles. The van der Waals surface area contributed by atoms with E-state index in [-0.39, 0.29) is 13.2 Å². The molecular weight excluding hydrogens is 456 g/mol. The molecule has 0 spiro atoms. The Morgan fingerprint density at radius 3 is 1.89 bits per heavy atom. The van der Waals surface area contributed by atoms with Gasteiger partial charge in [0.15, 0.2) is 0 Å². The van der Waals surface area contributed by atoms with Gasteiger partial charge in [-0.2, -0.15) is 0 Å². The average Bonchev–Trinajstić information content (AvgIpc) is 2.82. The molecule has 208 valence electrons. The van der Waals surface area contributed by atoms with Crippen molar-refractivity contribution in [3.63, 3.8) is 0 Å². The zero-order valence-corrected chi connectivity index (χ0v) is 22.5. The van der Waals surface area contributed by atoms with Gasteiger partial charge in [-0.05, 0) is 47.5 Å². The Balaban J connectivity index is 4.05. The zero-order valence-electron chi connectivity index (χ0n) is 22.5. The van der Waals surface area contributed by atoms with Crippen LogP contribution < -0.4 is 10.6 Å². The Hall–Kier alpha value is -1.43. The summed E-state index contributed by atoms with van der Waals surface area (Å²) in [5.74, 6) is 0. The number of alkyl carbamates (subject to hydrolysis) is 1. The number of nitrogens with one attached hydrogen (secondary N) is 2. The minimum atomic E-state index is -0.691. The Kier molecular flexibility index (Phi) is 19.9. The van der Waals surface area contributed by atoms with Crippen LogP contribution in [-0.2, 0) is 23.7 Å². The molecule has 4 N–H and O–H groups in total. The summed E-state index contributed by atoms with van der Waals surface area (Å²) in [4.78, 5) is 11.8. The fourth-order valence-corrected chi connectivity index (χ4v) is 3.00. The van der Waals surface area contributed by atoms with Gasteiger partial charge in [0, 0.05) is 37.2 Å². The Bertz CT molecular complexity index is 548. The van der Waals surface area contributed by atoms with Crippen molar-refractivity contribution in [3.05, 3.63) is 11.8 Å². The molecule has 0 heterocycles. The van der Waals surface area contributed by atoms with E-state index in [1.165, 1.54) is 0 Å². The number of hydrogen-bond donors (Lipinski definition) is 4. The van der Waals surface area contributed by atoms with Crippen LogP contribution in [0, 0.1) is 5.41 Å². The quantitative estimate of drug-likeness (QED) is 0.163. The Labute approximate surface area is 211 Å². The summed E-state index contributed by atoms with van der Waals surface area (Å²) in [7, 11) is 0. The third-order valence-corrected chi connectivity index (χ3v) is 5.10. The van der Waals surface area contributed by atoms with Crippen LogP contribution in [0.2, 0.25) is 0 Å². The fourth-order valence-electron chi connectivity index (χ4n) is 3.00. The van der Waals surface area contributed by atoms with Crippen LogP contribution in [0.4, 0.5) is 4.79 Å². The third-order valence-electron chi connectivity index (χ3n) is 5.10. The molecule has 0 saturated heterocycles. The molecule has 0 unspecified atom stereocenters. The first-order chi connectivity index (χ1) is 16.7. The van der Waals surface area contributed by atoms with Crippen LogP contribution in [0.15, 0.2) is 11.8 Å². The van der Waals surface area contributed by atoms with E-state index < -0.39 is 17.1 Å². The molecule has 0 aromatic rings. The molecule has 10 nitrogen and oxygen atoms in total. The Morgan fingerprint density at radius 2 is 1.40 bits per heavy atom. The predicted octanol–water partition coefficient (Wildman–Crippen LogP) is 2.23. The number of aliphatic hydroxyl groups is 2. The van der Waals surface area contributed by atoms with Gasteiger partial charge in [-0.3, -0.25) is 0 Å². The van der Waals surface area contributed by atoms with Gasteiger partial charge < -0.3 is 44.5 Å². The van der Waals surface area contributed by atoms with E-state index >= 15 is 0 Å². The van der Waals surface area contributed by atoms with Crippen molar-refractivity contribution < 1.29 is 38.7 Å². The second-order valence-electron chi connectivity index (χ2n) is 9.30. The lowest BCUT2D eigenvalue weighted by atomic mass is 9.84. The number of allylic oxidation sites excluding steroid dienone is 1. The number of hydrogen-bond acceptors (Lipinski definition) is 9. The van der Waals surface area contributed by atoms with Crippen LogP contribution >= 0.6 is 0 Å². The van der Waals surface area contributed by atoms with Crippen LogP contribution in [0.3, 0.4) is 0 Å². The largest absolute Gasteiger partial charge is 0.444 e. The molecule has 35 heavy (non-hydrogen) atoms. The second-order valence-corrected chi connectivity index (χ2v) is 9.30. The molecule has 0 atom stereocenters. The van der Waals surface area contributed by atoms with Gasteiger partial charge in [0.05, 0.1) is 59.5 Å². The van der Waals surface area contributed by atoms with E-state index in [2.05, 4.69) is 10.6 Å². The standard InChI is InChI=1S/C25H50N2O8/c1-6-22(9-12-32-15-16-34-18-17-33-14-13-31-7-2)27-19-25(20-28,21-29)10-8-11-26-23(30)35-24(3,4)5/h6,27-29H,7-21H2,1-5H3,(H,26,30)/b22-6-. The molecule has 0 saturated carbocycles. The lowest BCUT2D eigenvalue weighted by Gasteiger charge is -2.31. The lowest BCUT2D eigenvalue weighted by molar-refractivity contribution is -0.000319. The van der Waals surface area contributed by atoms with E-state index in [1.807, 2.05) is 40.7 Å². The molecule has 10 heteroatoms. The van der Waals surface area contributed by atoms with Crippen LogP contribution in [0.5, 0.6) is 0 Å². The molecule has 0 bridgehead atoms. The normalized spacial score (nSPS) is 12.6. The first-order valence-corrected chi connectivity index (χ1v) is 12.6. The second kappa shape index (κ2) is 20.7. The maximum absolute atomic E-state index is 11.8. The first-order valence-electron chi connectivity index (χ1n) is 12.6. The SMILES string of the molecule is C/C=C(/CCOCCOCCOCCOCC)NCC(CO)(CO)CCCNC(=O)OC(C)(C)C. The van der Waals surface area contributed by atoms with E-state index in [0.717, 1.165) is 5.70 Å². The summed E-state index contributed by atoms with van der Waals surface area (Å²) >= 11 is 0. The number of carbonyl (C=O) groups is 1. The smallest absolute Gasteiger partial charge is 0.407 e. The minimum Gasteiger partial charge on any atom is -0.444 e. The summed E-state index contributed by atoms with van der Waals surface area (Å²) in [5, 5.41) is 25.9. The van der Waals surface area contributed by atoms with Gasteiger partial charge in [0.1, 0.15) is 5.60 Å². The summed E-state index contributed by atoms with van der Waals surface area (Å²) < 4.78 is 26.9. The van der Waals surface area contributed by atoms with Crippen molar-refractivity contribution in [3.8, 4) is 0 Å². The molecule has 0 aromatic heterocycles. The van der Waals surface area contributed by atoms with Crippen LogP contribution in [0.1, 0.15) is 53.9 Å². The lowest BCUT2D eigenvalue weighted by Crippen LogP contribution is -2.41. The minimum absolute atomic E-state index is 0.164. The topological polar surface area (TPSA) is 128 Å². The molecule has 0 aromatic carbocycles. The molecule has 0 rings (SSSR count).